The van der Waals surface area contributed by atoms with Gasteiger partial charge >= 0.3 is 0 Å². The zero-order valence-electron chi connectivity index (χ0n) is 15.6. The van der Waals surface area contributed by atoms with Crippen LogP contribution in [0.25, 0.3) is 5.69 Å². The number of carbonyl (C=O) groups is 1. The van der Waals surface area contributed by atoms with Crippen molar-refractivity contribution in [2.75, 3.05) is 18.4 Å². The summed E-state index contributed by atoms with van der Waals surface area (Å²) in [4.78, 5) is 12.8. The largest absolute Gasteiger partial charge is 0.322 e. The van der Waals surface area contributed by atoms with Gasteiger partial charge in [0.2, 0.25) is 10.0 Å². The summed E-state index contributed by atoms with van der Waals surface area (Å²) in [6, 6.07) is 13.2. The summed E-state index contributed by atoms with van der Waals surface area (Å²) < 4.78 is 28.7. The first-order valence-corrected chi connectivity index (χ1v) is 10.7. The third kappa shape index (κ3) is 4.17. The van der Waals surface area contributed by atoms with Crippen molar-refractivity contribution in [3.05, 3.63) is 60.4 Å². The molecular weight excluding hydrogens is 392 g/mol. The van der Waals surface area contributed by atoms with Gasteiger partial charge in [-0.15, -0.1) is 5.10 Å². The number of benzene rings is 2. The predicted octanol–water partition coefficient (Wildman–Crippen LogP) is 2.09. The van der Waals surface area contributed by atoms with Crippen molar-refractivity contribution in [1.82, 2.24) is 24.5 Å². The fourth-order valence-electron chi connectivity index (χ4n) is 3.26. The third-order valence-electron chi connectivity index (χ3n) is 4.77. The number of rotatable bonds is 5. The number of tetrazole rings is 1. The second kappa shape index (κ2) is 8.10. The quantitative estimate of drug-likeness (QED) is 0.687. The van der Waals surface area contributed by atoms with Gasteiger partial charge in [-0.1, -0.05) is 18.6 Å². The van der Waals surface area contributed by atoms with Gasteiger partial charge < -0.3 is 5.32 Å². The van der Waals surface area contributed by atoms with Crippen LogP contribution in [0.1, 0.15) is 29.6 Å². The van der Waals surface area contributed by atoms with Gasteiger partial charge in [-0.25, -0.2) is 13.1 Å². The molecule has 1 aliphatic heterocycles. The van der Waals surface area contributed by atoms with E-state index in [1.807, 2.05) is 0 Å². The molecule has 2 heterocycles. The van der Waals surface area contributed by atoms with Gasteiger partial charge in [-0.2, -0.15) is 4.31 Å². The Morgan fingerprint density at radius 3 is 2.55 bits per heavy atom. The lowest BCUT2D eigenvalue weighted by Crippen LogP contribution is -2.35. The lowest BCUT2D eigenvalue weighted by atomic mass is 10.2. The summed E-state index contributed by atoms with van der Waals surface area (Å²) in [5.74, 6) is -0.394. The summed E-state index contributed by atoms with van der Waals surface area (Å²) in [5.41, 5.74) is 1.51. The van der Waals surface area contributed by atoms with Crippen LogP contribution in [0.2, 0.25) is 0 Å². The number of nitrogens with one attached hydrogen (secondary N) is 1. The summed E-state index contributed by atoms with van der Waals surface area (Å²) in [6.45, 7) is 1.03. The monoisotopic (exact) mass is 412 g/mol. The van der Waals surface area contributed by atoms with Gasteiger partial charge in [0.05, 0.1) is 10.6 Å². The summed E-state index contributed by atoms with van der Waals surface area (Å²) >= 11 is 0. The smallest absolute Gasteiger partial charge is 0.255 e. The van der Waals surface area contributed by atoms with E-state index in [0.29, 0.717) is 24.5 Å². The first-order chi connectivity index (χ1) is 14.0. The Balaban J connectivity index is 1.54. The van der Waals surface area contributed by atoms with Gasteiger partial charge in [-0.05, 0) is 59.7 Å². The third-order valence-corrected chi connectivity index (χ3v) is 6.66. The van der Waals surface area contributed by atoms with Gasteiger partial charge in [0.25, 0.3) is 5.91 Å². The SMILES string of the molecule is O=C(Nc1cccc(-n2cnnn2)c1)c1cccc(S(=O)(=O)N2CCCCC2)c1. The van der Waals surface area contributed by atoms with Crippen LogP contribution in [-0.2, 0) is 10.0 Å². The van der Waals surface area contributed by atoms with Crippen molar-refractivity contribution in [2.45, 2.75) is 24.2 Å². The van der Waals surface area contributed by atoms with Crippen molar-refractivity contribution in [2.24, 2.45) is 0 Å². The molecule has 1 aromatic heterocycles. The molecule has 4 rings (SSSR count). The normalized spacial score (nSPS) is 15.2. The van der Waals surface area contributed by atoms with E-state index in [9.17, 15) is 13.2 Å². The molecule has 0 atom stereocenters. The molecule has 2 aromatic carbocycles. The van der Waals surface area contributed by atoms with E-state index < -0.39 is 15.9 Å². The Labute approximate surface area is 168 Å². The van der Waals surface area contributed by atoms with Gasteiger partial charge in [0.1, 0.15) is 6.33 Å². The maximum Gasteiger partial charge on any atom is 0.255 e. The van der Waals surface area contributed by atoms with Crippen LogP contribution >= 0.6 is 0 Å². The number of amides is 1. The molecule has 0 saturated carbocycles. The molecule has 0 spiro atoms. The molecule has 0 bridgehead atoms. The standard InChI is InChI=1S/C19H20N6O3S/c26-19(21-16-7-5-8-17(13-16)25-14-20-22-23-25)15-6-4-9-18(12-15)29(27,28)24-10-2-1-3-11-24/h4-9,12-14H,1-3,10-11H2,(H,21,26). The number of sulfonamides is 1. The zero-order chi connectivity index (χ0) is 20.3. The first-order valence-electron chi connectivity index (χ1n) is 9.29. The number of piperidine rings is 1. The highest BCUT2D eigenvalue weighted by Crippen LogP contribution is 2.22. The van der Waals surface area contributed by atoms with Crippen molar-refractivity contribution in [1.29, 1.82) is 0 Å². The number of anilines is 1. The molecule has 1 fully saturated rings. The van der Waals surface area contributed by atoms with Crippen LogP contribution in [0.15, 0.2) is 59.8 Å². The lowest BCUT2D eigenvalue weighted by molar-refractivity contribution is 0.102. The minimum absolute atomic E-state index is 0.134. The van der Waals surface area contributed by atoms with Crippen LogP contribution in [0.3, 0.4) is 0 Å². The number of aromatic nitrogens is 4. The molecule has 1 aliphatic rings. The molecule has 0 unspecified atom stereocenters. The van der Waals surface area contributed by atoms with E-state index in [1.165, 1.54) is 27.4 Å². The van der Waals surface area contributed by atoms with Crippen LogP contribution in [0, 0.1) is 0 Å². The Hall–Kier alpha value is -3.11. The Bertz CT molecular complexity index is 1110. The summed E-state index contributed by atoms with van der Waals surface area (Å²) in [7, 11) is -3.60. The van der Waals surface area contributed by atoms with E-state index in [2.05, 4.69) is 20.8 Å². The second-order valence-corrected chi connectivity index (χ2v) is 8.69. The van der Waals surface area contributed by atoms with Crippen LogP contribution in [0.4, 0.5) is 5.69 Å². The molecule has 0 radical (unpaired) electrons. The first kappa shape index (κ1) is 19.2. The molecule has 0 aliphatic carbocycles. The van der Waals surface area contributed by atoms with E-state index in [-0.39, 0.29) is 10.5 Å². The highest BCUT2D eigenvalue weighted by Gasteiger charge is 2.26. The molecule has 150 valence electrons. The number of hydrogen-bond acceptors (Lipinski definition) is 6. The fraction of sp³-hybridized carbons (Fsp3) is 0.263. The fourth-order valence-corrected chi connectivity index (χ4v) is 4.82. The van der Waals surface area contributed by atoms with Crippen LogP contribution < -0.4 is 5.32 Å². The van der Waals surface area contributed by atoms with E-state index in [1.54, 1.807) is 36.4 Å². The van der Waals surface area contributed by atoms with Crippen molar-refractivity contribution in [3.8, 4) is 5.69 Å². The van der Waals surface area contributed by atoms with Gasteiger partial charge in [0.15, 0.2) is 0 Å². The van der Waals surface area contributed by atoms with Crippen molar-refractivity contribution in [3.63, 3.8) is 0 Å². The van der Waals surface area contributed by atoms with Crippen LogP contribution in [0.5, 0.6) is 0 Å². The molecule has 3 aromatic rings. The Morgan fingerprint density at radius 2 is 1.79 bits per heavy atom. The maximum atomic E-state index is 12.9. The molecule has 29 heavy (non-hydrogen) atoms. The number of nitrogens with zero attached hydrogens (tertiary/aromatic N) is 5. The molecule has 9 nitrogen and oxygen atoms in total. The molecular formula is C19H20N6O3S. The number of carbonyl (C=O) groups excluding carboxylic acids is 1. The van der Waals surface area contributed by atoms with Crippen molar-refractivity contribution >= 4 is 21.6 Å². The van der Waals surface area contributed by atoms with E-state index in [4.69, 9.17) is 0 Å². The van der Waals surface area contributed by atoms with Crippen molar-refractivity contribution < 1.29 is 13.2 Å². The zero-order valence-corrected chi connectivity index (χ0v) is 16.4. The summed E-state index contributed by atoms with van der Waals surface area (Å²) in [5, 5.41) is 13.8. The average Bonchev–Trinajstić information content (AvgIpc) is 3.30. The van der Waals surface area contributed by atoms with Crippen LogP contribution in [-0.4, -0.2) is 51.9 Å². The van der Waals surface area contributed by atoms with E-state index >= 15 is 0 Å². The molecule has 1 saturated heterocycles. The number of hydrogen-bond donors (Lipinski definition) is 1. The highest BCUT2D eigenvalue weighted by atomic mass is 32.2. The minimum Gasteiger partial charge on any atom is -0.322 e. The minimum atomic E-state index is -3.60. The molecule has 10 heteroatoms. The molecule has 1 amide bonds. The summed E-state index contributed by atoms with van der Waals surface area (Å²) in [6.07, 6.45) is 4.21. The Morgan fingerprint density at radius 1 is 1.00 bits per heavy atom. The van der Waals surface area contributed by atoms with Gasteiger partial charge in [-0.3, -0.25) is 4.79 Å². The average molecular weight is 412 g/mol. The topological polar surface area (TPSA) is 110 Å². The van der Waals surface area contributed by atoms with E-state index in [0.717, 1.165) is 19.3 Å². The second-order valence-electron chi connectivity index (χ2n) is 6.75. The maximum absolute atomic E-state index is 12.9. The molecule has 1 N–H and O–H groups in total. The van der Waals surface area contributed by atoms with Gasteiger partial charge in [0, 0.05) is 24.3 Å². The Kier molecular flexibility index (Phi) is 5.36. The highest BCUT2D eigenvalue weighted by molar-refractivity contribution is 7.89. The predicted molar refractivity (Wildman–Crippen MR) is 106 cm³/mol. The lowest BCUT2D eigenvalue weighted by Gasteiger charge is -2.26.